The molecule has 0 heterocycles. The molecule has 0 amide bonds. The van der Waals surface area contributed by atoms with Crippen molar-refractivity contribution in [1.29, 1.82) is 0 Å². The largest absolute Gasteiger partial charge is 0.377 e. The molecular weight excluding hydrogens is 116 g/mol. The Bertz CT molecular complexity index is 54.9. The summed E-state index contributed by atoms with van der Waals surface area (Å²) in [6.45, 7) is 5.38. The monoisotopic (exact) mass is 131 g/mol. The number of rotatable bonds is 5. The zero-order chi connectivity index (χ0) is 7.11. The third-order valence-corrected chi connectivity index (χ3v) is 1.20. The van der Waals surface area contributed by atoms with Crippen molar-refractivity contribution in [3.05, 3.63) is 7.11 Å². The van der Waals surface area contributed by atoms with Crippen LogP contribution in [0.3, 0.4) is 0 Å². The Morgan fingerprint density at radius 1 is 1.44 bits per heavy atom. The van der Waals surface area contributed by atoms with Crippen LogP contribution in [0, 0.1) is 7.11 Å². The van der Waals surface area contributed by atoms with E-state index >= 15 is 0 Å². The van der Waals surface area contributed by atoms with Gasteiger partial charge in [-0.05, 0) is 13.3 Å². The average molecular weight is 131 g/mol. The topological polar surface area (TPSA) is 18.5 Å². The number of hydrogen-bond acceptors (Lipinski definition) is 2. The first-order valence-corrected chi connectivity index (χ1v) is 3.29. The van der Waals surface area contributed by atoms with E-state index in [4.69, 9.17) is 4.74 Å². The van der Waals surface area contributed by atoms with E-state index in [1.807, 2.05) is 6.92 Å². The Hall–Kier alpha value is -0.0800. The average Bonchev–Trinajstić information content (AvgIpc) is 1.89. The number of hydrogen-bond donors (Lipinski definition) is 0. The highest BCUT2D eigenvalue weighted by molar-refractivity contribution is 4.43. The molecule has 0 aliphatic carbocycles. The smallest absolute Gasteiger partial charge is 0.0704 e. The molecule has 0 aromatic heterocycles. The molecule has 0 aromatic carbocycles. The van der Waals surface area contributed by atoms with Crippen LogP contribution < -0.4 is 0 Å². The second-order valence-corrected chi connectivity index (χ2v) is 2.00. The van der Waals surface area contributed by atoms with Gasteiger partial charge >= 0.3 is 0 Å². The molecule has 1 unspecified atom stereocenters. The van der Waals surface area contributed by atoms with Gasteiger partial charge in [-0.15, -0.1) is 0 Å². The van der Waals surface area contributed by atoms with Gasteiger partial charge in [-0.25, -0.2) is 0 Å². The van der Waals surface area contributed by atoms with Gasteiger partial charge in [0.1, 0.15) is 0 Å². The Balaban J connectivity index is 2.88. The fourth-order valence-corrected chi connectivity index (χ4v) is 0.426. The quantitative estimate of drug-likeness (QED) is 0.528. The van der Waals surface area contributed by atoms with Crippen LogP contribution in [0.1, 0.15) is 20.3 Å². The maximum atomic E-state index is 5.27. The van der Waals surface area contributed by atoms with Crippen molar-refractivity contribution in [3.63, 3.8) is 0 Å². The first-order valence-electron chi connectivity index (χ1n) is 3.29. The first-order chi connectivity index (χ1) is 4.31. The molecule has 0 aliphatic heterocycles. The molecule has 0 bridgehead atoms. The van der Waals surface area contributed by atoms with Gasteiger partial charge in [-0.2, -0.15) is 0 Å². The molecule has 55 valence electrons. The molecular formula is C7H15O2. The number of ether oxygens (including phenoxy) is 2. The van der Waals surface area contributed by atoms with Gasteiger partial charge in [-0.3, -0.25) is 0 Å². The second-order valence-electron chi connectivity index (χ2n) is 2.00. The minimum Gasteiger partial charge on any atom is -0.377 e. The van der Waals surface area contributed by atoms with Crippen LogP contribution >= 0.6 is 0 Å². The van der Waals surface area contributed by atoms with E-state index in [9.17, 15) is 0 Å². The summed E-state index contributed by atoms with van der Waals surface area (Å²) in [4.78, 5) is 0. The lowest BCUT2D eigenvalue weighted by Crippen LogP contribution is -2.10. The molecule has 1 atom stereocenters. The molecule has 0 saturated heterocycles. The highest BCUT2D eigenvalue weighted by atomic mass is 16.5. The van der Waals surface area contributed by atoms with Crippen molar-refractivity contribution in [2.75, 3.05) is 13.2 Å². The third-order valence-electron chi connectivity index (χ3n) is 1.20. The van der Waals surface area contributed by atoms with E-state index in [1.54, 1.807) is 0 Å². The van der Waals surface area contributed by atoms with Crippen LogP contribution in [0.5, 0.6) is 0 Å². The molecule has 0 aliphatic rings. The standard InChI is InChI=1S/C7H15O2/c1-4-7(2)9-6-5-8-3/h7H,3-6H2,1-2H3. The lowest BCUT2D eigenvalue weighted by atomic mass is 10.3. The molecule has 0 fully saturated rings. The normalized spacial score (nSPS) is 13.7. The van der Waals surface area contributed by atoms with Crippen LogP contribution in [0.2, 0.25) is 0 Å². The van der Waals surface area contributed by atoms with Crippen LogP contribution in [-0.2, 0) is 9.47 Å². The zero-order valence-corrected chi connectivity index (χ0v) is 6.22. The van der Waals surface area contributed by atoms with Gasteiger partial charge in [0.05, 0.1) is 26.4 Å². The van der Waals surface area contributed by atoms with Gasteiger partial charge in [-0.1, -0.05) is 6.92 Å². The van der Waals surface area contributed by atoms with Gasteiger partial charge in [0, 0.05) is 0 Å². The summed E-state index contributed by atoms with van der Waals surface area (Å²) in [5.74, 6) is 0. The first kappa shape index (κ1) is 8.92. The van der Waals surface area contributed by atoms with E-state index in [2.05, 4.69) is 18.8 Å². The summed E-state index contributed by atoms with van der Waals surface area (Å²) in [5.41, 5.74) is 0. The molecule has 1 radical (unpaired) electrons. The van der Waals surface area contributed by atoms with E-state index in [1.165, 1.54) is 0 Å². The molecule has 0 spiro atoms. The summed E-state index contributed by atoms with van der Waals surface area (Å²) in [6.07, 6.45) is 1.40. The summed E-state index contributed by atoms with van der Waals surface area (Å²) in [6, 6.07) is 0. The maximum absolute atomic E-state index is 5.27. The van der Waals surface area contributed by atoms with Crippen molar-refractivity contribution in [2.24, 2.45) is 0 Å². The summed E-state index contributed by atoms with van der Waals surface area (Å²) >= 11 is 0. The van der Waals surface area contributed by atoms with Crippen molar-refractivity contribution >= 4 is 0 Å². The lowest BCUT2D eigenvalue weighted by Gasteiger charge is -2.08. The van der Waals surface area contributed by atoms with E-state index in [-0.39, 0.29) is 0 Å². The Kier molecular flexibility index (Phi) is 5.99. The highest BCUT2D eigenvalue weighted by Gasteiger charge is 1.95. The Morgan fingerprint density at radius 2 is 2.11 bits per heavy atom. The third kappa shape index (κ3) is 5.80. The predicted molar refractivity (Wildman–Crippen MR) is 37.0 cm³/mol. The van der Waals surface area contributed by atoms with Crippen LogP contribution in [0.15, 0.2) is 0 Å². The van der Waals surface area contributed by atoms with Crippen LogP contribution in [0.25, 0.3) is 0 Å². The lowest BCUT2D eigenvalue weighted by molar-refractivity contribution is 0.0322. The summed E-state index contributed by atoms with van der Waals surface area (Å²) in [7, 11) is 3.23. The highest BCUT2D eigenvalue weighted by Crippen LogP contribution is 1.94. The fourth-order valence-electron chi connectivity index (χ4n) is 0.426. The Labute approximate surface area is 57.2 Å². The molecule has 0 saturated carbocycles. The van der Waals surface area contributed by atoms with Crippen LogP contribution in [0.4, 0.5) is 0 Å². The second kappa shape index (κ2) is 6.05. The predicted octanol–water partition coefficient (Wildman–Crippen LogP) is 1.61. The molecule has 0 aromatic rings. The maximum Gasteiger partial charge on any atom is 0.0704 e. The summed E-state index contributed by atoms with van der Waals surface area (Å²) in [5, 5.41) is 0. The summed E-state index contributed by atoms with van der Waals surface area (Å²) < 4.78 is 9.83. The van der Waals surface area contributed by atoms with Crippen molar-refractivity contribution in [3.8, 4) is 0 Å². The Morgan fingerprint density at radius 3 is 2.56 bits per heavy atom. The molecule has 0 N–H and O–H groups in total. The fraction of sp³-hybridized carbons (Fsp3) is 0.857. The van der Waals surface area contributed by atoms with Gasteiger partial charge in [0.2, 0.25) is 0 Å². The minimum absolute atomic E-state index is 0.347. The van der Waals surface area contributed by atoms with Gasteiger partial charge in [0.25, 0.3) is 0 Å². The van der Waals surface area contributed by atoms with E-state index in [0.717, 1.165) is 6.42 Å². The van der Waals surface area contributed by atoms with E-state index in [0.29, 0.717) is 19.3 Å². The zero-order valence-electron chi connectivity index (χ0n) is 6.22. The van der Waals surface area contributed by atoms with Crippen molar-refractivity contribution in [1.82, 2.24) is 0 Å². The van der Waals surface area contributed by atoms with Gasteiger partial charge in [0.15, 0.2) is 0 Å². The van der Waals surface area contributed by atoms with Crippen molar-refractivity contribution in [2.45, 2.75) is 26.4 Å². The van der Waals surface area contributed by atoms with Crippen LogP contribution in [-0.4, -0.2) is 19.3 Å². The SMILES string of the molecule is [CH2]OCCOC(C)CC. The molecule has 0 rings (SSSR count). The molecule has 2 nitrogen and oxygen atoms in total. The minimum atomic E-state index is 0.347. The molecule has 9 heavy (non-hydrogen) atoms. The van der Waals surface area contributed by atoms with E-state index < -0.39 is 0 Å². The van der Waals surface area contributed by atoms with Crippen molar-refractivity contribution < 1.29 is 9.47 Å². The molecule has 2 heteroatoms. The van der Waals surface area contributed by atoms with Gasteiger partial charge < -0.3 is 9.47 Å².